The van der Waals surface area contributed by atoms with Crippen LogP contribution in [0.2, 0.25) is 0 Å². The van der Waals surface area contributed by atoms with Gasteiger partial charge in [0.15, 0.2) is 0 Å². The third kappa shape index (κ3) is 4.44. The number of aryl methyl sites for hydroxylation is 1. The quantitative estimate of drug-likeness (QED) is 0.703. The first-order chi connectivity index (χ1) is 6.33. The predicted octanol–water partition coefficient (Wildman–Crippen LogP) is 3.59. The lowest BCUT2D eigenvalue weighted by Gasteiger charge is -2.00. The fraction of sp³-hybridized carbons (Fsp3) is 0.455. The molecule has 0 spiro atoms. The van der Waals surface area contributed by atoms with Crippen molar-refractivity contribution in [3.63, 3.8) is 0 Å². The van der Waals surface area contributed by atoms with Crippen molar-refractivity contribution in [1.82, 2.24) is 0 Å². The van der Waals surface area contributed by atoms with E-state index in [1.54, 1.807) is 0 Å². The Bertz CT molecular complexity index is 230. The minimum Gasteiger partial charge on any atom is -0.237 e. The molecule has 0 aliphatic rings. The standard InChI is InChI=1S/C11H14BrO/c12-11-7-5-10(6-8-11)4-2-1-3-9-13/h5-8H,1-4,9H2. The van der Waals surface area contributed by atoms with Crippen molar-refractivity contribution in [3.8, 4) is 0 Å². The van der Waals surface area contributed by atoms with Crippen molar-refractivity contribution in [2.75, 3.05) is 6.61 Å². The van der Waals surface area contributed by atoms with Crippen molar-refractivity contribution in [2.24, 2.45) is 0 Å². The molecule has 2 heteroatoms. The summed E-state index contributed by atoms with van der Waals surface area (Å²) in [5.41, 5.74) is 1.36. The van der Waals surface area contributed by atoms with Crippen LogP contribution in [-0.2, 0) is 11.5 Å². The highest BCUT2D eigenvalue weighted by Crippen LogP contribution is 2.12. The summed E-state index contributed by atoms with van der Waals surface area (Å²) in [7, 11) is 0. The molecule has 0 atom stereocenters. The van der Waals surface area contributed by atoms with E-state index in [0.29, 0.717) is 0 Å². The summed E-state index contributed by atoms with van der Waals surface area (Å²) >= 11 is 3.40. The van der Waals surface area contributed by atoms with Gasteiger partial charge in [0.05, 0.1) is 6.61 Å². The molecule has 0 saturated heterocycles. The summed E-state index contributed by atoms with van der Waals surface area (Å²) in [6.45, 7) is 0.0698. The fourth-order valence-corrected chi connectivity index (χ4v) is 1.52. The Balaban J connectivity index is 2.25. The second-order valence-corrected chi connectivity index (χ2v) is 4.06. The fourth-order valence-electron chi connectivity index (χ4n) is 1.26. The van der Waals surface area contributed by atoms with Crippen molar-refractivity contribution < 1.29 is 5.11 Å². The van der Waals surface area contributed by atoms with Crippen LogP contribution in [0.4, 0.5) is 0 Å². The summed E-state index contributed by atoms with van der Waals surface area (Å²) in [5, 5.41) is 10.2. The minimum absolute atomic E-state index is 0.0698. The molecular weight excluding hydrogens is 228 g/mol. The smallest absolute Gasteiger partial charge is 0.0822 e. The number of unbranched alkanes of at least 4 members (excludes halogenated alkanes) is 2. The highest BCUT2D eigenvalue weighted by atomic mass is 79.9. The molecular formula is C11H14BrO. The zero-order valence-electron chi connectivity index (χ0n) is 7.63. The predicted molar refractivity (Wildman–Crippen MR) is 57.3 cm³/mol. The molecule has 1 aromatic rings. The molecule has 1 radical (unpaired) electrons. The van der Waals surface area contributed by atoms with Gasteiger partial charge in [0.25, 0.3) is 0 Å². The van der Waals surface area contributed by atoms with E-state index in [4.69, 9.17) is 0 Å². The SMILES string of the molecule is [O]CCCCCc1ccc(Br)cc1. The monoisotopic (exact) mass is 241 g/mol. The Labute approximate surface area is 87.9 Å². The van der Waals surface area contributed by atoms with E-state index in [2.05, 4.69) is 40.2 Å². The van der Waals surface area contributed by atoms with E-state index in [1.807, 2.05) is 0 Å². The van der Waals surface area contributed by atoms with Gasteiger partial charge in [-0.2, -0.15) is 0 Å². The first-order valence-electron chi connectivity index (χ1n) is 4.65. The third-order valence-electron chi connectivity index (χ3n) is 2.02. The van der Waals surface area contributed by atoms with Gasteiger partial charge in [-0.3, -0.25) is 0 Å². The van der Waals surface area contributed by atoms with Gasteiger partial charge >= 0.3 is 0 Å². The second-order valence-electron chi connectivity index (χ2n) is 3.14. The van der Waals surface area contributed by atoms with Gasteiger partial charge in [0.1, 0.15) is 0 Å². The zero-order chi connectivity index (χ0) is 9.52. The van der Waals surface area contributed by atoms with Gasteiger partial charge in [-0.25, -0.2) is 5.11 Å². The summed E-state index contributed by atoms with van der Waals surface area (Å²) in [6, 6.07) is 8.37. The average molecular weight is 242 g/mol. The maximum atomic E-state index is 10.2. The van der Waals surface area contributed by atoms with Crippen LogP contribution in [0.5, 0.6) is 0 Å². The molecule has 1 nitrogen and oxygen atoms in total. The van der Waals surface area contributed by atoms with Crippen LogP contribution >= 0.6 is 15.9 Å². The average Bonchev–Trinajstić information content (AvgIpc) is 2.15. The molecule has 0 bridgehead atoms. The van der Waals surface area contributed by atoms with Crippen LogP contribution < -0.4 is 0 Å². The normalized spacial score (nSPS) is 10.3. The minimum atomic E-state index is 0.0698. The maximum absolute atomic E-state index is 10.2. The largest absolute Gasteiger partial charge is 0.237 e. The second kappa shape index (κ2) is 6.17. The lowest BCUT2D eigenvalue weighted by molar-refractivity contribution is 0.186. The van der Waals surface area contributed by atoms with E-state index in [-0.39, 0.29) is 6.61 Å². The highest BCUT2D eigenvalue weighted by Gasteiger charge is 1.93. The van der Waals surface area contributed by atoms with Crippen LogP contribution in [0, 0.1) is 0 Å². The molecule has 0 aliphatic carbocycles. The third-order valence-corrected chi connectivity index (χ3v) is 2.55. The molecule has 0 saturated carbocycles. The van der Waals surface area contributed by atoms with Crippen LogP contribution in [0.25, 0.3) is 0 Å². The molecule has 13 heavy (non-hydrogen) atoms. The van der Waals surface area contributed by atoms with Gasteiger partial charge in [0.2, 0.25) is 0 Å². The Hall–Kier alpha value is -0.340. The van der Waals surface area contributed by atoms with Crippen molar-refractivity contribution in [1.29, 1.82) is 0 Å². The Kier molecular flexibility index (Phi) is 5.09. The molecule has 71 valence electrons. The summed E-state index contributed by atoms with van der Waals surface area (Å²) < 4.78 is 1.12. The lowest BCUT2D eigenvalue weighted by atomic mass is 10.1. The molecule has 1 aromatic carbocycles. The van der Waals surface area contributed by atoms with Crippen LogP contribution in [0.3, 0.4) is 0 Å². The number of halogens is 1. The number of hydrogen-bond donors (Lipinski definition) is 0. The topological polar surface area (TPSA) is 19.9 Å². The lowest BCUT2D eigenvalue weighted by Crippen LogP contribution is -1.87. The van der Waals surface area contributed by atoms with E-state index >= 15 is 0 Å². The van der Waals surface area contributed by atoms with E-state index < -0.39 is 0 Å². The number of hydrogen-bond acceptors (Lipinski definition) is 0. The summed E-state index contributed by atoms with van der Waals surface area (Å²) in [6.07, 6.45) is 4.09. The van der Waals surface area contributed by atoms with Crippen LogP contribution in [0.1, 0.15) is 24.8 Å². The van der Waals surface area contributed by atoms with Crippen molar-refractivity contribution in [2.45, 2.75) is 25.7 Å². The molecule has 0 N–H and O–H groups in total. The molecule has 0 heterocycles. The Morgan fingerprint density at radius 2 is 1.69 bits per heavy atom. The molecule has 0 unspecified atom stereocenters. The highest BCUT2D eigenvalue weighted by molar-refractivity contribution is 9.10. The molecule has 1 rings (SSSR count). The zero-order valence-corrected chi connectivity index (χ0v) is 9.22. The van der Waals surface area contributed by atoms with Gasteiger partial charge in [-0.1, -0.05) is 34.5 Å². The Morgan fingerprint density at radius 3 is 2.31 bits per heavy atom. The van der Waals surface area contributed by atoms with Gasteiger partial charge in [-0.15, -0.1) is 0 Å². The van der Waals surface area contributed by atoms with Gasteiger partial charge in [-0.05, 0) is 37.0 Å². The number of benzene rings is 1. The number of rotatable bonds is 5. The molecule has 0 amide bonds. The van der Waals surface area contributed by atoms with Crippen LogP contribution in [0.15, 0.2) is 28.7 Å². The maximum Gasteiger partial charge on any atom is 0.0822 e. The van der Waals surface area contributed by atoms with Crippen LogP contribution in [-0.4, -0.2) is 6.61 Å². The van der Waals surface area contributed by atoms with Gasteiger partial charge in [0, 0.05) is 4.47 Å². The van der Waals surface area contributed by atoms with Crippen molar-refractivity contribution >= 4 is 15.9 Å². The van der Waals surface area contributed by atoms with Gasteiger partial charge < -0.3 is 0 Å². The first kappa shape index (κ1) is 10.7. The Morgan fingerprint density at radius 1 is 1.00 bits per heavy atom. The van der Waals surface area contributed by atoms with Crippen molar-refractivity contribution in [3.05, 3.63) is 34.3 Å². The summed E-state index contributed by atoms with van der Waals surface area (Å²) in [4.78, 5) is 0. The molecule has 0 aromatic heterocycles. The molecule has 0 aliphatic heterocycles. The molecule has 0 fully saturated rings. The van der Waals surface area contributed by atoms with E-state index in [9.17, 15) is 5.11 Å². The van der Waals surface area contributed by atoms with E-state index in [1.165, 1.54) is 5.56 Å². The summed E-state index contributed by atoms with van der Waals surface area (Å²) in [5.74, 6) is 0. The first-order valence-corrected chi connectivity index (χ1v) is 5.45. The van der Waals surface area contributed by atoms with E-state index in [0.717, 1.165) is 30.2 Å².